The molecule has 1 N–H and O–H groups in total. The van der Waals surface area contributed by atoms with Gasteiger partial charge < -0.3 is 19.9 Å². The molecular weight excluding hydrogens is 380 g/mol. The summed E-state index contributed by atoms with van der Waals surface area (Å²) in [5, 5.41) is 5.15. The highest BCUT2D eigenvalue weighted by molar-refractivity contribution is 7.13. The minimum absolute atomic E-state index is 0.0145. The van der Waals surface area contributed by atoms with Gasteiger partial charge in [-0.2, -0.15) is 0 Å². The van der Waals surface area contributed by atoms with Gasteiger partial charge in [0.2, 0.25) is 11.8 Å². The highest BCUT2D eigenvalue weighted by atomic mass is 32.1. The number of aromatic nitrogens is 1. The lowest BCUT2D eigenvalue weighted by atomic mass is 9.95. The second kappa shape index (κ2) is 8.46. The number of hydrogen-bond donors (Lipinski definition) is 1. The third-order valence-corrected chi connectivity index (χ3v) is 5.69. The number of nitrogens with zero attached hydrogens (tertiary/aromatic N) is 3. The number of amides is 3. The molecule has 1 unspecified atom stereocenters. The third-order valence-electron chi connectivity index (χ3n) is 5.00. The fourth-order valence-electron chi connectivity index (χ4n) is 3.65. The van der Waals surface area contributed by atoms with Crippen LogP contribution in [0.3, 0.4) is 0 Å². The molecule has 0 spiro atoms. The second-order valence-electron chi connectivity index (χ2n) is 8.26. The van der Waals surface area contributed by atoms with E-state index in [-0.39, 0.29) is 23.8 Å². The molecule has 1 aromatic rings. The van der Waals surface area contributed by atoms with Gasteiger partial charge in [0, 0.05) is 37.1 Å². The van der Waals surface area contributed by atoms with E-state index in [9.17, 15) is 14.4 Å². The van der Waals surface area contributed by atoms with Gasteiger partial charge in [-0.1, -0.05) is 0 Å². The van der Waals surface area contributed by atoms with E-state index < -0.39 is 11.6 Å². The lowest BCUT2D eigenvalue weighted by molar-refractivity contribution is -0.141. The van der Waals surface area contributed by atoms with Crippen molar-refractivity contribution in [2.75, 3.05) is 25.0 Å². The Labute approximate surface area is 169 Å². The molecular formula is C19H28N4O4S. The molecule has 0 radical (unpaired) electrons. The van der Waals surface area contributed by atoms with E-state index in [1.165, 1.54) is 11.3 Å². The van der Waals surface area contributed by atoms with E-state index in [0.29, 0.717) is 44.0 Å². The normalized spacial score (nSPS) is 20.9. The molecule has 2 aliphatic heterocycles. The van der Waals surface area contributed by atoms with Crippen molar-refractivity contribution in [3.8, 4) is 0 Å². The monoisotopic (exact) mass is 408 g/mol. The van der Waals surface area contributed by atoms with Gasteiger partial charge in [0.05, 0.1) is 0 Å². The topological polar surface area (TPSA) is 91.8 Å². The second-order valence-corrected chi connectivity index (χ2v) is 9.15. The summed E-state index contributed by atoms with van der Waals surface area (Å²) >= 11 is 1.36. The number of likely N-dealkylation sites (tertiary alicyclic amines) is 2. The van der Waals surface area contributed by atoms with Crippen molar-refractivity contribution in [1.29, 1.82) is 0 Å². The van der Waals surface area contributed by atoms with E-state index >= 15 is 0 Å². The van der Waals surface area contributed by atoms with Gasteiger partial charge >= 0.3 is 6.09 Å². The van der Waals surface area contributed by atoms with Crippen molar-refractivity contribution in [3.05, 3.63) is 11.6 Å². The maximum absolute atomic E-state index is 13.0. The molecule has 0 saturated carbocycles. The molecule has 1 atom stereocenters. The first-order valence-corrected chi connectivity index (χ1v) is 10.6. The van der Waals surface area contributed by atoms with Gasteiger partial charge in [-0.05, 0) is 46.5 Å². The van der Waals surface area contributed by atoms with Gasteiger partial charge in [0.1, 0.15) is 11.6 Å². The van der Waals surface area contributed by atoms with Gasteiger partial charge in [0.15, 0.2) is 5.13 Å². The predicted molar refractivity (Wildman–Crippen MR) is 106 cm³/mol. The Morgan fingerprint density at radius 2 is 1.89 bits per heavy atom. The van der Waals surface area contributed by atoms with Gasteiger partial charge in [-0.3, -0.25) is 9.59 Å². The smallest absolute Gasteiger partial charge is 0.410 e. The number of anilines is 1. The Hall–Kier alpha value is -2.16. The highest BCUT2D eigenvalue weighted by Gasteiger charge is 2.39. The number of carbonyl (C=O) groups excluding carboxylic acids is 3. The lowest BCUT2D eigenvalue weighted by Crippen LogP contribution is -2.49. The first kappa shape index (κ1) is 20.6. The summed E-state index contributed by atoms with van der Waals surface area (Å²) in [6, 6.07) is -0.444. The number of nitrogens with one attached hydrogen (secondary N) is 1. The minimum Gasteiger partial charge on any atom is -0.444 e. The Kier molecular flexibility index (Phi) is 6.22. The van der Waals surface area contributed by atoms with Crippen LogP contribution >= 0.6 is 11.3 Å². The number of carbonyl (C=O) groups is 3. The van der Waals surface area contributed by atoms with E-state index in [2.05, 4.69) is 10.3 Å². The quantitative estimate of drug-likeness (QED) is 0.830. The number of rotatable bonds is 3. The Bertz CT molecular complexity index is 708. The van der Waals surface area contributed by atoms with Gasteiger partial charge in [-0.25, -0.2) is 9.78 Å². The maximum Gasteiger partial charge on any atom is 0.410 e. The lowest BCUT2D eigenvalue weighted by Gasteiger charge is -2.35. The molecule has 28 heavy (non-hydrogen) atoms. The average Bonchev–Trinajstić information content (AvgIpc) is 3.31. The molecule has 3 rings (SSSR count). The molecule has 9 heteroatoms. The predicted octanol–water partition coefficient (Wildman–Crippen LogP) is 2.72. The van der Waals surface area contributed by atoms with Crippen LogP contribution in [0.1, 0.15) is 46.5 Å². The summed E-state index contributed by atoms with van der Waals surface area (Å²) in [7, 11) is 0. The number of thiazole rings is 1. The van der Waals surface area contributed by atoms with Crippen LogP contribution in [-0.2, 0) is 14.3 Å². The summed E-state index contributed by atoms with van der Waals surface area (Å²) in [5.74, 6) is -0.320. The third kappa shape index (κ3) is 5.01. The van der Waals surface area contributed by atoms with E-state index in [1.807, 2.05) is 20.8 Å². The molecule has 2 saturated heterocycles. The largest absolute Gasteiger partial charge is 0.444 e. The molecule has 0 aliphatic carbocycles. The van der Waals surface area contributed by atoms with Crippen LogP contribution in [0.5, 0.6) is 0 Å². The van der Waals surface area contributed by atoms with E-state index in [1.54, 1.807) is 21.4 Å². The minimum atomic E-state index is -0.530. The zero-order valence-electron chi connectivity index (χ0n) is 16.6. The first-order chi connectivity index (χ1) is 13.2. The van der Waals surface area contributed by atoms with E-state index in [0.717, 1.165) is 6.42 Å². The fraction of sp³-hybridized carbons (Fsp3) is 0.684. The molecule has 3 amide bonds. The van der Waals surface area contributed by atoms with Crippen LogP contribution in [-0.4, -0.2) is 64.0 Å². The van der Waals surface area contributed by atoms with Crippen LogP contribution in [0, 0.1) is 5.92 Å². The van der Waals surface area contributed by atoms with Crippen molar-refractivity contribution in [1.82, 2.24) is 14.8 Å². The molecule has 2 aliphatic rings. The van der Waals surface area contributed by atoms with Crippen LogP contribution in [0.2, 0.25) is 0 Å². The molecule has 3 heterocycles. The maximum atomic E-state index is 13.0. The van der Waals surface area contributed by atoms with Crippen molar-refractivity contribution in [3.63, 3.8) is 0 Å². The van der Waals surface area contributed by atoms with Crippen molar-refractivity contribution in [2.24, 2.45) is 5.92 Å². The first-order valence-electron chi connectivity index (χ1n) is 9.73. The van der Waals surface area contributed by atoms with E-state index in [4.69, 9.17) is 4.74 Å². The fourth-order valence-corrected chi connectivity index (χ4v) is 4.18. The summed E-state index contributed by atoms with van der Waals surface area (Å²) in [4.78, 5) is 45.2. The standard InChI is InChI=1S/C19H28N4O4S/c1-19(2,3)27-18(26)22-10-6-13(7-11-22)16(25)23-9-4-5-14(23)15(24)21-17-20-8-12-28-17/h8,12-14H,4-7,9-11H2,1-3H3,(H,20,21,24). The summed E-state index contributed by atoms with van der Waals surface area (Å²) in [5.41, 5.74) is -0.530. The summed E-state index contributed by atoms with van der Waals surface area (Å²) < 4.78 is 5.40. The SMILES string of the molecule is CC(C)(C)OC(=O)N1CCC(C(=O)N2CCCC2C(=O)Nc2nccs2)CC1. The van der Waals surface area contributed by atoms with Crippen LogP contribution in [0.15, 0.2) is 11.6 Å². The van der Waals surface area contributed by atoms with Crippen molar-refractivity contribution >= 4 is 34.4 Å². The highest BCUT2D eigenvalue weighted by Crippen LogP contribution is 2.27. The molecule has 1 aromatic heterocycles. The number of hydrogen-bond acceptors (Lipinski definition) is 6. The van der Waals surface area contributed by atoms with Crippen LogP contribution in [0.25, 0.3) is 0 Å². The van der Waals surface area contributed by atoms with Gasteiger partial charge in [0.25, 0.3) is 0 Å². The van der Waals surface area contributed by atoms with Gasteiger partial charge in [-0.15, -0.1) is 11.3 Å². The summed E-state index contributed by atoms with van der Waals surface area (Å²) in [6.45, 7) is 7.10. The zero-order valence-corrected chi connectivity index (χ0v) is 17.5. The van der Waals surface area contributed by atoms with Crippen LogP contribution < -0.4 is 5.32 Å². The number of piperidine rings is 1. The average molecular weight is 409 g/mol. The van der Waals surface area contributed by atoms with Crippen molar-refractivity contribution in [2.45, 2.75) is 58.1 Å². The van der Waals surface area contributed by atoms with Crippen LogP contribution in [0.4, 0.5) is 9.93 Å². The number of ether oxygens (including phenoxy) is 1. The molecule has 8 nitrogen and oxygen atoms in total. The molecule has 0 aromatic carbocycles. The molecule has 0 bridgehead atoms. The Morgan fingerprint density at radius 3 is 2.50 bits per heavy atom. The molecule has 2 fully saturated rings. The summed E-state index contributed by atoms with van der Waals surface area (Å²) in [6.07, 6.45) is 3.97. The zero-order chi connectivity index (χ0) is 20.3. The molecule has 154 valence electrons. The Balaban J connectivity index is 1.54. The Morgan fingerprint density at radius 1 is 1.18 bits per heavy atom. The van der Waals surface area contributed by atoms with Crippen molar-refractivity contribution < 1.29 is 19.1 Å².